The second kappa shape index (κ2) is 5.09. The van der Waals surface area contributed by atoms with Gasteiger partial charge in [-0.15, -0.1) is 0 Å². The molecule has 21 heavy (non-hydrogen) atoms. The van der Waals surface area contributed by atoms with Crippen LogP contribution in [-0.2, 0) is 11.3 Å². The number of nitrogens with zero attached hydrogens (tertiary/aromatic N) is 2. The number of carbonyl (C=O) groups is 2. The third-order valence-electron chi connectivity index (χ3n) is 3.16. The van der Waals surface area contributed by atoms with Crippen molar-refractivity contribution < 1.29 is 14.0 Å². The highest BCUT2D eigenvalue weighted by Crippen LogP contribution is 2.32. The highest BCUT2D eigenvalue weighted by molar-refractivity contribution is 6.52. The van der Waals surface area contributed by atoms with Crippen molar-refractivity contribution in [3.8, 4) is 0 Å². The Bertz CT molecular complexity index is 780. The Kier molecular flexibility index (Phi) is 3.39. The number of rotatable bonds is 2. The van der Waals surface area contributed by atoms with Crippen molar-refractivity contribution in [1.29, 1.82) is 0 Å². The SMILES string of the molecule is O=C1C(=O)N(Cc2cnc(Cl)cc2Cl)c2ccc(F)cc21. The molecule has 1 aromatic carbocycles. The van der Waals surface area contributed by atoms with Gasteiger partial charge >= 0.3 is 0 Å². The van der Waals surface area contributed by atoms with Crippen molar-refractivity contribution >= 4 is 40.6 Å². The second-order valence-electron chi connectivity index (χ2n) is 4.48. The lowest BCUT2D eigenvalue weighted by Gasteiger charge is -2.17. The third kappa shape index (κ3) is 2.39. The van der Waals surface area contributed by atoms with Crippen LogP contribution in [0, 0.1) is 5.82 Å². The van der Waals surface area contributed by atoms with Crippen LogP contribution < -0.4 is 4.90 Å². The number of ketones is 1. The standard InChI is InChI=1S/C14H7Cl2FN2O2/c15-10-4-12(16)18-5-7(10)6-19-11-2-1-8(17)3-9(11)13(20)14(19)21/h1-5H,6H2. The molecule has 0 atom stereocenters. The molecule has 4 nitrogen and oxygen atoms in total. The molecule has 2 heterocycles. The summed E-state index contributed by atoms with van der Waals surface area (Å²) >= 11 is 11.7. The molecule has 2 aromatic rings. The monoisotopic (exact) mass is 324 g/mol. The molecule has 0 bridgehead atoms. The summed E-state index contributed by atoms with van der Waals surface area (Å²) in [6.45, 7) is 0.0617. The summed E-state index contributed by atoms with van der Waals surface area (Å²) in [6, 6.07) is 5.09. The van der Waals surface area contributed by atoms with Gasteiger partial charge in [0.1, 0.15) is 11.0 Å². The molecule has 0 radical (unpaired) electrons. The van der Waals surface area contributed by atoms with Crippen molar-refractivity contribution in [2.24, 2.45) is 0 Å². The zero-order valence-electron chi connectivity index (χ0n) is 10.4. The van der Waals surface area contributed by atoms with E-state index in [9.17, 15) is 14.0 Å². The van der Waals surface area contributed by atoms with Gasteiger partial charge in [0.25, 0.3) is 11.7 Å². The Morgan fingerprint density at radius 2 is 1.95 bits per heavy atom. The normalized spacial score (nSPS) is 13.8. The van der Waals surface area contributed by atoms with Gasteiger partial charge in [-0.3, -0.25) is 9.59 Å². The van der Waals surface area contributed by atoms with Gasteiger partial charge in [-0.25, -0.2) is 9.37 Å². The minimum absolute atomic E-state index is 0.0537. The molecule has 0 N–H and O–H groups in total. The molecule has 0 aliphatic carbocycles. The topological polar surface area (TPSA) is 50.3 Å². The van der Waals surface area contributed by atoms with Gasteiger partial charge in [-0.05, 0) is 24.3 Å². The molecule has 0 saturated carbocycles. The van der Waals surface area contributed by atoms with Gasteiger partial charge in [0.15, 0.2) is 0 Å². The van der Waals surface area contributed by atoms with E-state index in [-0.39, 0.29) is 17.3 Å². The Labute approximate surface area is 129 Å². The van der Waals surface area contributed by atoms with Crippen molar-refractivity contribution in [1.82, 2.24) is 4.98 Å². The first-order valence-electron chi connectivity index (χ1n) is 5.93. The van der Waals surface area contributed by atoms with Crippen LogP contribution >= 0.6 is 23.2 Å². The van der Waals surface area contributed by atoms with Crippen molar-refractivity contribution in [3.63, 3.8) is 0 Å². The molecule has 1 aromatic heterocycles. The van der Waals surface area contributed by atoms with Crippen LogP contribution in [0.4, 0.5) is 10.1 Å². The minimum Gasteiger partial charge on any atom is -0.300 e. The first-order valence-corrected chi connectivity index (χ1v) is 6.68. The predicted molar refractivity (Wildman–Crippen MR) is 76.2 cm³/mol. The van der Waals surface area contributed by atoms with E-state index in [0.29, 0.717) is 16.3 Å². The number of Topliss-reactive ketones (excluding diaryl/α,β-unsaturated/α-hetero) is 1. The smallest absolute Gasteiger partial charge is 0.299 e. The molecular formula is C14H7Cl2FN2O2. The average Bonchev–Trinajstić information content (AvgIpc) is 2.66. The van der Waals surface area contributed by atoms with Crippen LogP contribution in [0.25, 0.3) is 0 Å². The minimum atomic E-state index is -0.734. The number of fused-ring (bicyclic) bond motifs is 1. The Morgan fingerprint density at radius 3 is 2.67 bits per heavy atom. The lowest BCUT2D eigenvalue weighted by atomic mass is 10.1. The molecule has 0 spiro atoms. The average molecular weight is 325 g/mol. The number of anilines is 1. The van der Waals surface area contributed by atoms with E-state index < -0.39 is 17.5 Å². The van der Waals surface area contributed by atoms with E-state index in [2.05, 4.69) is 4.98 Å². The Morgan fingerprint density at radius 1 is 1.19 bits per heavy atom. The van der Waals surface area contributed by atoms with Crippen LogP contribution in [0.1, 0.15) is 15.9 Å². The van der Waals surface area contributed by atoms with Crippen molar-refractivity contribution in [2.75, 3.05) is 4.90 Å². The highest BCUT2D eigenvalue weighted by Gasteiger charge is 2.36. The maximum atomic E-state index is 13.2. The summed E-state index contributed by atoms with van der Waals surface area (Å²) in [4.78, 5) is 29.0. The molecule has 0 unspecified atom stereocenters. The van der Waals surface area contributed by atoms with Gasteiger partial charge in [-0.1, -0.05) is 23.2 Å². The molecule has 3 rings (SSSR count). The largest absolute Gasteiger partial charge is 0.300 e. The molecule has 1 aliphatic rings. The molecular weight excluding hydrogens is 318 g/mol. The van der Waals surface area contributed by atoms with E-state index in [4.69, 9.17) is 23.2 Å². The molecule has 0 fully saturated rings. The van der Waals surface area contributed by atoms with E-state index in [1.807, 2.05) is 0 Å². The summed E-state index contributed by atoms with van der Waals surface area (Å²) in [7, 11) is 0. The molecule has 1 amide bonds. The van der Waals surface area contributed by atoms with E-state index in [0.717, 1.165) is 6.07 Å². The number of pyridine rings is 1. The molecule has 1 aliphatic heterocycles. The predicted octanol–water partition coefficient (Wildman–Crippen LogP) is 3.26. The Hall–Kier alpha value is -1.98. The lowest BCUT2D eigenvalue weighted by molar-refractivity contribution is -0.114. The van der Waals surface area contributed by atoms with Crippen molar-refractivity contribution in [2.45, 2.75) is 6.54 Å². The van der Waals surface area contributed by atoms with E-state index in [1.165, 1.54) is 29.3 Å². The van der Waals surface area contributed by atoms with Gasteiger partial charge < -0.3 is 4.90 Å². The number of benzene rings is 1. The van der Waals surface area contributed by atoms with Gasteiger partial charge in [0.05, 0.1) is 22.8 Å². The maximum Gasteiger partial charge on any atom is 0.299 e. The zero-order valence-corrected chi connectivity index (χ0v) is 12.0. The number of aromatic nitrogens is 1. The van der Waals surface area contributed by atoms with Gasteiger partial charge in [-0.2, -0.15) is 0 Å². The van der Waals surface area contributed by atoms with Crippen LogP contribution in [0.2, 0.25) is 10.2 Å². The van der Waals surface area contributed by atoms with Crippen LogP contribution in [-0.4, -0.2) is 16.7 Å². The number of halogens is 3. The number of carbonyl (C=O) groups excluding carboxylic acids is 2. The lowest BCUT2D eigenvalue weighted by Crippen LogP contribution is -2.29. The molecule has 106 valence electrons. The first-order chi connectivity index (χ1) is 9.97. The zero-order chi connectivity index (χ0) is 15.1. The fourth-order valence-electron chi connectivity index (χ4n) is 2.15. The summed E-state index contributed by atoms with van der Waals surface area (Å²) in [5.41, 5.74) is 0.954. The quantitative estimate of drug-likeness (QED) is 0.629. The number of hydrogen-bond donors (Lipinski definition) is 0. The van der Waals surface area contributed by atoms with Crippen LogP contribution in [0.3, 0.4) is 0 Å². The van der Waals surface area contributed by atoms with E-state index in [1.54, 1.807) is 0 Å². The Balaban J connectivity index is 2.00. The number of amides is 1. The maximum absolute atomic E-state index is 13.2. The number of hydrogen-bond acceptors (Lipinski definition) is 3. The van der Waals surface area contributed by atoms with Gasteiger partial charge in [0.2, 0.25) is 0 Å². The van der Waals surface area contributed by atoms with E-state index >= 15 is 0 Å². The summed E-state index contributed by atoms with van der Waals surface area (Å²) < 4.78 is 13.2. The summed E-state index contributed by atoms with van der Waals surface area (Å²) in [6.07, 6.45) is 1.43. The fourth-order valence-corrected chi connectivity index (χ4v) is 2.58. The van der Waals surface area contributed by atoms with Crippen LogP contribution in [0.15, 0.2) is 30.5 Å². The van der Waals surface area contributed by atoms with Crippen LogP contribution in [0.5, 0.6) is 0 Å². The molecule has 7 heteroatoms. The summed E-state index contributed by atoms with van der Waals surface area (Å²) in [5.74, 6) is -2.02. The van der Waals surface area contributed by atoms with Gasteiger partial charge in [0, 0.05) is 11.8 Å². The second-order valence-corrected chi connectivity index (χ2v) is 5.27. The highest BCUT2D eigenvalue weighted by atomic mass is 35.5. The molecule has 0 saturated heterocycles. The summed E-state index contributed by atoms with van der Waals surface area (Å²) in [5, 5.41) is 0.570. The first kappa shape index (κ1) is 14.0. The third-order valence-corrected chi connectivity index (χ3v) is 3.72. The fraction of sp³-hybridized carbons (Fsp3) is 0.0714. The van der Waals surface area contributed by atoms with Crippen molar-refractivity contribution in [3.05, 3.63) is 57.6 Å².